The van der Waals surface area contributed by atoms with Crippen molar-refractivity contribution in [1.29, 1.82) is 5.26 Å². The minimum absolute atomic E-state index is 0.0154. The number of hydrogen-bond acceptors (Lipinski definition) is 3. The molecule has 2 aromatic carbocycles. The minimum Gasteiger partial charge on any atom is -0.375 e. The van der Waals surface area contributed by atoms with E-state index < -0.39 is 0 Å². The van der Waals surface area contributed by atoms with Gasteiger partial charge in [0.1, 0.15) is 6.07 Å². The second-order valence-corrected chi connectivity index (χ2v) is 5.09. The quantitative estimate of drug-likeness (QED) is 0.897. The number of benzene rings is 2. The van der Waals surface area contributed by atoms with Crippen molar-refractivity contribution in [3.05, 3.63) is 58.1 Å². The van der Waals surface area contributed by atoms with Crippen LogP contribution in [0.1, 0.15) is 5.56 Å². The van der Waals surface area contributed by atoms with E-state index in [1.54, 1.807) is 42.5 Å². The number of carbonyl (C=O) groups excluding carboxylic acids is 1. The van der Waals surface area contributed by atoms with E-state index in [9.17, 15) is 4.79 Å². The number of anilines is 2. The van der Waals surface area contributed by atoms with Gasteiger partial charge in [-0.25, -0.2) is 0 Å². The number of amides is 1. The van der Waals surface area contributed by atoms with Gasteiger partial charge in [0.2, 0.25) is 5.91 Å². The van der Waals surface area contributed by atoms with Crippen LogP contribution in [-0.2, 0) is 4.79 Å². The highest BCUT2D eigenvalue weighted by atomic mass is 35.5. The average molecular weight is 320 g/mol. The molecular formula is C15H11Cl2N3O. The van der Waals surface area contributed by atoms with E-state index in [2.05, 4.69) is 10.6 Å². The first kappa shape index (κ1) is 15.2. The van der Waals surface area contributed by atoms with E-state index in [0.29, 0.717) is 27.0 Å². The summed E-state index contributed by atoms with van der Waals surface area (Å²) in [7, 11) is 0. The normalized spacial score (nSPS) is 9.76. The maximum absolute atomic E-state index is 11.8. The SMILES string of the molecule is N#Cc1ccc(Cl)cc1NCC(=O)Nc1cccc(Cl)c1. The van der Waals surface area contributed by atoms with E-state index in [1.807, 2.05) is 6.07 Å². The van der Waals surface area contributed by atoms with Crippen molar-refractivity contribution in [3.63, 3.8) is 0 Å². The zero-order valence-electron chi connectivity index (χ0n) is 10.9. The molecule has 0 spiro atoms. The van der Waals surface area contributed by atoms with Crippen molar-refractivity contribution < 1.29 is 4.79 Å². The predicted molar refractivity (Wildman–Crippen MR) is 84.7 cm³/mol. The molecule has 0 saturated heterocycles. The van der Waals surface area contributed by atoms with Gasteiger partial charge in [-0.15, -0.1) is 0 Å². The summed E-state index contributed by atoms with van der Waals surface area (Å²) in [5.41, 5.74) is 1.56. The van der Waals surface area contributed by atoms with Crippen molar-refractivity contribution in [1.82, 2.24) is 0 Å². The number of nitrogens with zero attached hydrogens (tertiary/aromatic N) is 1. The van der Waals surface area contributed by atoms with Crippen molar-refractivity contribution in [2.45, 2.75) is 0 Å². The molecule has 0 aliphatic heterocycles. The van der Waals surface area contributed by atoms with Crippen LogP contribution in [0.25, 0.3) is 0 Å². The van der Waals surface area contributed by atoms with Crippen molar-refractivity contribution in [2.75, 3.05) is 17.2 Å². The standard InChI is InChI=1S/C15H11Cl2N3O/c16-11-2-1-3-13(6-11)20-15(21)9-19-14-7-12(17)5-4-10(14)8-18/h1-7,19H,9H2,(H,20,21). The summed E-state index contributed by atoms with van der Waals surface area (Å²) in [5.74, 6) is -0.249. The van der Waals surface area contributed by atoms with Crippen molar-refractivity contribution >= 4 is 40.5 Å². The first-order valence-corrected chi connectivity index (χ1v) is 6.83. The van der Waals surface area contributed by atoms with Crippen LogP contribution < -0.4 is 10.6 Å². The third-order valence-corrected chi connectivity index (χ3v) is 3.12. The molecule has 4 nitrogen and oxygen atoms in total. The molecule has 1 amide bonds. The topological polar surface area (TPSA) is 64.9 Å². The molecule has 6 heteroatoms. The summed E-state index contributed by atoms with van der Waals surface area (Å²) in [5, 5.41) is 15.6. The fourth-order valence-electron chi connectivity index (χ4n) is 1.71. The Morgan fingerprint density at radius 1 is 1.14 bits per heavy atom. The highest BCUT2D eigenvalue weighted by molar-refractivity contribution is 6.31. The molecule has 0 aromatic heterocycles. The smallest absolute Gasteiger partial charge is 0.243 e. The number of nitrogens with one attached hydrogen (secondary N) is 2. The minimum atomic E-state index is -0.249. The molecule has 0 fully saturated rings. The number of rotatable bonds is 4. The molecule has 0 aliphatic rings. The lowest BCUT2D eigenvalue weighted by atomic mass is 10.2. The van der Waals surface area contributed by atoms with Crippen molar-refractivity contribution in [3.8, 4) is 6.07 Å². The molecule has 2 N–H and O–H groups in total. The van der Waals surface area contributed by atoms with Gasteiger partial charge in [0.15, 0.2) is 0 Å². The van der Waals surface area contributed by atoms with Gasteiger partial charge >= 0.3 is 0 Å². The summed E-state index contributed by atoms with van der Waals surface area (Å²) in [6.07, 6.45) is 0. The monoisotopic (exact) mass is 319 g/mol. The molecule has 0 unspecified atom stereocenters. The lowest BCUT2D eigenvalue weighted by Gasteiger charge is -2.09. The Labute approximate surface area is 132 Å². The highest BCUT2D eigenvalue weighted by Gasteiger charge is 2.06. The third-order valence-electron chi connectivity index (χ3n) is 2.65. The van der Waals surface area contributed by atoms with E-state index in [0.717, 1.165) is 0 Å². The van der Waals surface area contributed by atoms with Crippen molar-refractivity contribution in [2.24, 2.45) is 0 Å². The van der Waals surface area contributed by atoms with Crippen LogP contribution in [-0.4, -0.2) is 12.5 Å². The van der Waals surface area contributed by atoms with Crippen LogP contribution in [0.15, 0.2) is 42.5 Å². The van der Waals surface area contributed by atoms with E-state index in [-0.39, 0.29) is 12.5 Å². The van der Waals surface area contributed by atoms with Gasteiger partial charge in [0.05, 0.1) is 17.8 Å². The van der Waals surface area contributed by atoms with Crippen LogP contribution in [0, 0.1) is 11.3 Å². The summed E-state index contributed by atoms with van der Waals surface area (Å²) in [4.78, 5) is 11.8. The van der Waals surface area contributed by atoms with E-state index in [4.69, 9.17) is 28.5 Å². The number of hydrogen-bond donors (Lipinski definition) is 2. The Morgan fingerprint density at radius 3 is 2.62 bits per heavy atom. The van der Waals surface area contributed by atoms with E-state index in [1.165, 1.54) is 0 Å². The number of carbonyl (C=O) groups is 1. The van der Waals surface area contributed by atoms with Crippen LogP contribution in [0.3, 0.4) is 0 Å². The Morgan fingerprint density at radius 2 is 1.90 bits per heavy atom. The highest BCUT2D eigenvalue weighted by Crippen LogP contribution is 2.20. The molecule has 0 bridgehead atoms. The van der Waals surface area contributed by atoms with Gasteiger partial charge in [-0.2, -0.15) is 5.26 Å². The molecule has 21 heavy (non-hydrogen) atoms. The molecule has 2 rings (SSSR count). The number of nitriles is 1. The first-order valence-electron chi connectivity index (χ1n) is 6.07. The average Bonchev–Trinajstić information content (AvgIpc) is 2.45. The zero-order chi connectivity index (χ0) is 15.2. The summed E-state index contributed by atoms with van der Waals surface area (Å²) >= 11 is 11.7. The zero-order valence-corrected chi connectivity index (χ0v) is 12.4. The van der Waals surface area contributed by atoms with Crippen LogP contribution in [0.2, 0.25) is 10.0 Å². The molecule has 0 atom stereocenters. The summed E-state index contributed by atoms with van der Waals surface area (Å²) in [6, 6.07) is 13.7. The molecule has 2 aromatic rings. The number of halogens is 2. The Bertz CT molecular complexity index is 710. The first-order chi connectivity index (χ1) is 10.1. The Balaban J connectivity index is 1.99. The summed E-state index contributed by atoms with van der Waals surface area (Å²) < 4.78 is 0. The Hall–Kier alpha value is -2.22. The molecule has 0 radical (unpaired) electrons. The summed E-state index contributed by atoms with van der Waals surface area (Å²) in [6.45, 7) is 0.0154. The molecule has 0 aliphatic carbocycles. The van der Waals surface area contributed by atoms with Gasteiger partial charge < -0.3 is 10.6 Å². The maximum atomic E-state index is 11.8. The molecule has 106 valence electrons. The van der Waals surface area contributed by atoms with Gasteiger partial charge in [-0.05, 0) is 36.4 Å². The second kappa shape index (κ2) is 6.98. The van der Waals surface area contributed by atoms with E-state index >= 15 is 0 Å². The molecule has 0 heterocycles. The molecular weight excluding hydrogens is 309 g/mol. The van der Waals surface area contributed by atoms with Crippen LogP contribution in [0.4, 0.5) is 11.4 Å². The van der Waals surface area contributed by atoms with Gasteiger partial charge in [0.25, 0.3) is 0 Å². The molecule has 0 saturated carbocycles. The van der Waals surface area contributed by atoms with Gasteiger partial charge in [-0.1, -0.05) is 29.3 Å². The maximum Gasteiger partial charge on any atom is 0.243 e. The predicted octanol–water partition coefficient (Wildman–Crippen LogP) is 3.92. The van der Waals surface area contributed by atoms with Gasteiger partial charge in [-0.3, -0.25) is 4.79 Å². The fraction of sp³-hybridized carbons (Fsp3) is 0.0667. The lowest BCUT2D eigenvalue weighted by molar-refractivity contribution is -0.114. The lowest BCUT2D eigenvalue weighted by Crippen LogP contribution is -2.22. The van der Waals surface area contributed by atoms with Crippen LogP contribution in [0.5, 0.6) is 0 Å². The fourth-order valence-corrected chi connectivity index (χ4v) is 2.07. The second-order valence-electron chi connectivity index (χ2n) is 4.21. The van der Waals surface area contributed by atoms with Gasteiger partial charge in [0, 0.05) is 15.7 Å². The Kier molecular flexibility index (Phi) is 5.04. The van der Waals surface area contributed by atoms with Crippen LogP contribution >= 0.6 is 23.2 Å². The third kappa shape index (κ3) is 4.38. The largest absolute Gasteiger partial charge is 0.375 e.